The molecule has 1 aliphatic heterocycles. The van der Waals surface area contributed by atoms with E-state index in [1.807, 2.05) is 42.5 Å². The second-order valence-corrected chi connectivity index (χ2v) is 10.0. The molecule has 2 aliphatic rings. The van der Waals surface area contributed by atoms with Gasteiger partial charge in [-0.3, -0.25) is 0 Å². The van der Waals surface area contributed by atoms with Crippen LogP contribution >= 0.6 is 0 Å². The minimum atomic E-state index is 0.0729. The van der Waals surface area contributed by atoms with E-state index in [0.29, 0.717) is 11.7 Å². The molecule has 0 atom stereocenters. The van der Waals surface area contributed by atoms with E-state index in [2.05, 4.69) is 38.8 Å². The summed E-state index contributed by atoms with van der Waals surface area (Å²) in [5, 5.41) is 1.98. The molecule has 4 heterocycles. The molecule has 0 bridgehead atoms. The van der Waals surface area contributed by atoms with E-state index in [-0.39, 0.29) is 5.54 Å². The van der Waals surface area contributed by atoms with Gasteiger partial charge in [-0.25, -0.2) is 15.0 Å². The fourth-order valence-electron chi connectivity index (χ4n) is 5.61. The number of hydrogen-bond acceptors (Lipinski definition) is 6. The van der Waals surface area contributed by atoms with E-state index in [1.165, 1.54) is 25.9 Å². The van der Waals surface area contributed by atoms with Crippen LogP contribution in [-0.4, -0.2) is 44.1 Å². The molecule has 36 heavy (non-hydrogen) atoms. The van der Waals surface area contributed by atoms with Crippen LogP contribution in [0.1, 0.15) is 25.7 Å². The fourth-order valence-corrected chi connectivity index (χ4v) is 5.61. The van der Waals surface area contributed by atoms with Crippen LogP contribution in [0.25, 0.3) is 33.1 Å². The van der Waals surface area contributed by atoms with Crippen LogP contribution in [0.3, 0.4) is 0 Å². The predicted molar refractivity (Wildman–Crippen MR) is 142 cm³/mol. The largest absolute Gasteiger partial charge is 0.439 e. The molecule has 3 aromatic heterocycles. The van der Waals surface area contributed by atoms with Gasteiger partial charge in [0.15, 0.2) is 0 Å². The summed E-state index contributed by atoms with van der Waals surface area (Å²) in [7, 11) is 0. The van der Waals surface area contributed by atoms with Crippen molar-refractivity contribution >= 4 is 27.8 Å². The monoisotopic (exact) mass is 476 g/mol. The molecule has 7 heteroatoms. The molecular formula is C29H28N6O. The zero-order valence-corrected chi connectivity index (χ0v) is 20.1. The van der Waals surface area contributed by atoms with Crippen LogP contribution in [-0.2, 0) is 5.54 Å². The Morgan fingerprint density at radius 3 is 2.53 bits per heavy atom. The summed E-state index contributed by atoms with van der Waals surface area (Å²) in [4.78, 5) is 16.4. The van der Waals surface area contributed by atoms with Crippen LogP contribution in [0.5, 0.6) is 11.6 Å². The van der Waals surface area contributed by atoms with Gasteiger partial charge in [-0.05, 0) is 68.6 Å². The summed E-state index contributed by atoms with van der Waals surface area (Å²) >= 11 is 0. The van der Waals surface area contributed by atoms with Crippen molar-refractivity contribution in [2.45, 2.75) is 31.2 Å². The van der Waals surface area contributed by atoms with Gasteiger partial charge in [0.1, 0.15) is 23.5 Å². The molecule has 0 amide bonds. The SMILES string of the molecule is Nc1ncnc2c1c(-c1ccc3ccc(Oc4ccccc4)nc3c1)cn2C1(CN2CCC2)CCC1. The minimum absolute atomic E-state index is 0.0729. The standard InChI is InChI=1S/C29H28N6O/c30-27-26-23(17-35(28(26)32-19-31-27)29(12-4-13-29)18-34-14-5-15-34)21-9-8-20-10-11-25(33-24(20)16-21)36-22-6-2-1-3-7-22/h1-3,6-11,16-17,19H,4-5,12-15,18H2,(H2,30,31,32). The minimum Gasteiger partial charge on any atom is -0.439 e. The van der Waals surface area contributed by atoms with Crippen molar-refractivity contribution < 1.29 is 4.74 Å². The Balaban J connectivity index is 1.33. The maximum Gasteiger partial charge on any atom is 0.219 e. The average molecular weight is 477 g/mol. The van der Waals surface area contributed by atoms with Gasteiger partial charge in [-0.15, -0.1) is 0 Å². The van der Waals surface area contributed by atoms with E-state index in [9.17, 15) is 0 Å². The number of anilines is 1. The predicted octanol–water partition coefficient (Wildman–Crippen LogP) is 5.61. The molecule has 2 aromatic carbocycles. The lowest BCUT2D eigenvalue weighted by Crippen LogP contribution is -2.53. The molecule has 7 nitrogen and oxygen atoms in total. The van der Waals surface area contributed by atoms with Gasteiger partial charge < -0.3 is 19.9 Å². The van der Waals surface area contributed by atoms with Crippen LogP contribution < -0.4 is 10.5 Å². The molecule has 180 valence electrons. The third-order valence-corrected chi connectivity index (χ3v) is 7.82. The number of fused-ring (bicyclic) bond motifs is 2. The Morgan fingerprint density at radius 1 is 0.944 bits per heavy atom. The van der Waals surface area contributed by atoms with E-state index in [4.69, 9.17) is 20.4 Å². The number of likely N-dealkylation sites (tertiary alicyclic amines) is 1. The van der Waals surface area contributed by atoms with Crippen molar-refractivity contribution in [3.8, 4) is 22.8 Å². The van der Waals surface area contributed by atoms with Crippen molar-refractivity contribution in [3.05, 3.63) is 73.2 Å². The summed E-state index contributed by atoms with van der Waals surface area (Å²) in [5.74, 6) is 1.85. The van der Waals surface area contributed by atoms with Crippen LogP contribution in [0, 0.1) is 0 Å². The fraction of sp³-hybridized carbons (Fsp3) is 0.276. The molecule has 0 unspecified atom stereocenters. The first-order chi connectivity index (χ1) is 17.7. The summed E-state index contributed by atoms with van der Waals surface area (Å²) < 4.78 is 8.38. The topological polar surface area (TPSA) is 82.1 Å². The first kappa shape index (κ1) is 21.3. The van der Waals surface area contributed by atoms with Crippen molar-refractivity contribution in [1.29, 1.82) is 0 Å². The molecule has 1 saturated heterocycles. The molecule has 2 N–H and O–H groups in total. The first-order valence-electron chi connectivity index (χ1n) is 12.7. The molecule has 0 spiro atoms. The molecule has 0 radical (unpaired) electrons. The number of aromatic nitrogens is 4. The quantitative estimate of drug-likeness (QED) is 0.343. The van der Waals surface area contributed by atoms with E-state index >= 15 is 0 Å². The van der Waals surface area contributed by atoms with Crippen molar-refractivity contribution in [2.75, 3.05) is 25.4 Å². The highest BCUT2D eigenvalue weighted by molar-refractivity contribution is 6.02. The van der Waals surface area contributed by atoms with E-state index in [1.54, 1.807) is 6.33 Å². The molecular weight excluding hydrogens is 448 g/mol. The van der Waals surface area contributed by atoms with E-state index in [0.717, 1.165) is 58.2 Å². The number of rotatable bonds is 6. The van der Waals surface area contributed by atoms with Gasteiger partial charge in [0, 0.05) is 29.8 Å². The van der Waals surface area contributed by atoms with Crippen molar-refractivity contribution in [1.82, 2.24) is 24.4 Å². The zero-order valence-electron chi connectivity index (χ0n) is 20.1. The number of para-hydroxylation sites is 1. The lowest BCUT2D eigenvalue weighted by molar-refractivity contribution is 0.0488. The Kier molecular flexibility index (Phi) is 4.92. The summed E-state index contributed by atoms with van der Waals surface area (Å²) in [6.45, 7) is 3.45. The summed E-state index contributed by atoms with van der Waals surface area (Å²) in [5.41, 5.74) is 10.4. The number of ether oxygens (including phenoxy) is 1. The van der Waals surface area contributed by atoms with Crippen LogP contribution in [0.2, 0.25) is 0 Å². The molecule has 5 aromatic rings. The zero-order chi connectivity index (χ0) is 24.1. The Bertz CT molecular complexity index is 1570. The normalized spacial score (nSPS) is 17.1. The molecule has 1 saturated carbocycles. The lowest BCUT2D eigenvalue weighted by Gasteiger charge is -2.48. The van der Waals surface area contributed by atoms with Crippen LogP contribution in [0.15, 0.2) is 73.2 Å². The maximum atomic E-state index is 6.46. The second-order valence-electron chi connectivity index (χ2n) is 10.0. The number of nitrogen functional groups attached to an aromatic ring is 1. The molecule has 2 fully saturated rings. The van der Waals surface area contributed by atoms with Gasteiger partial charge in [0.25, 0.3) is 0 Å². The van der Waals surface area contributed by atoms with Gasteiger partial charge in [0.2, 0.25) is 5.88 Å². The number of pyridine rings is 1. The number of nitrogens with two attached hydrogens (primary N) is 1. The Hall–Kier alpha value is -3.97. The Labute approximate surface area is 209 Å². The van der Waals surface area contributed by atoms with Gasteiger partial charge >= 0.3 is 0 Å². The van der Waals surface area contributed by atoms with Crippen molar-refractivity contribution in [3.63, 3.8) is 0 Å². The molecule has 1 aliphatic carbocycles. The van der Waals surface area contributed by atoms with E-state index < -0.39 is 0 Å². The third kappa shape index (κ3) is 3.50. The average Bonchev–Trinajstić information content (AvgIpc) is 3.24. The number of benzene rings is 2. The highest BCUT2D eigenvalue weighted by Crippen LogP contribution is 2.45. The lowest BCUT2D eigenvalue weighted by atomic mass is 9.75. The smallest absolute Gasteiger partial charge is 0.219 e. The highest BCUT2D eigenvalue weighted by atomic mass is 16.5. The third-order valence-electron chi connectivity index (χ3n) is 7.82. The highest BCUT2D eigenvalue weighted by Gasteiger charge is 2.42. The summed E-state index contributed by atoms with van der Waals surface area (Å²) in [6, 6.07) is 20.0. The number of nitrogens with zero attached hydrogens (tertiary/aromatic N) is 5. The maximum absolute atomic E-state index is 6.46. The first-order valence-corrected chi connectivity index (χ1v) is 12.7. The summed E-state index contributed by atoms with van der Waals surface area (Å²) in [6.07, 6.45) is 8.70. The molecule has 7 rings (SSSR count). The second kappa shape index (κ2) is 8.31. The van der Waals surface area contributed by atoms with Crippen LogP contribution in [0.4, 0.5) is 5.82 Å². The van der Waals surface area contributed by atoms with Gasteiger partial charge in [-0.2, -0.15) is 0 Å². The number of hydrogen-bond donors (Lipinski definition) is 1. The van der Waals surface area contributed by atoms with Crippen molar-refractivity contribution in [2.24, 2.45) is 0 Å². The van der Waals surface area contributed by atoms with Gasteiger partial charge in [0.05, 0.1) is 16.4 Å². The van der Waals surface area contributed by atoms with Gasteiger partial charge in [-0.1, -0.05) is 30.3 Å². The Morgan fingerprint density at radius 2 is 1.78 bits per heavy atom.